The molecule has 0 spiro atoms. The van der Waals surface area contributed by atoms with Crippen molar-refractivity contribution in [1.82, 2.24) is 4.90 Å². The fourth-order valence-corrected chi connectivity index (χ4v) is 3.17. The van der Waals surface area contributed by atoms with Gasteiger partial charge in [-0.05, 0) is 36.8 Å². The Labute approximate surface area is 155 Å². The number of rotatable bonds is 7. The smallest absolute Gasteiger partial charge is 0.120 e. The lowest BCUT2D eigenvalue weighted by atomic mass is 10.2. The molecule has 2 aromatic rings. The zero-order valence-electron chi connectivity index (χ0n) is 15.2. The van der Waals surface area contributed by atoms with Gasteiger partial charge in [0, 0.05) is 44.5 Å². The lowest BCUT2D eigenvalue weighted by Gasteiger charge is -2.36. The second-order valence-electron chi connectivity index (χ2n) is 6.37. The molecular formula is C21H25N3O2. The third-order valence-corrected chi connectivity index (χ3v) is 4.64. The van der Waals surface area contributed by atoms with Crippen LogP contribution in [0.25, 0.3) is 0 Å². The van der Waals surface area contributed by atoms with Gasteiger partial charge in [-0.2, -0.15) is 5.26 Å². The normalized spacial score (nSPS) is 14.7. The molecule has 0 unspecified atom stereocenters. The van der Waals surface area contributed by atoms with Gasteiger partial charge in [0.25, 0.3) is 0 Å². The van der Waals surface area contributed by atoms with Gasteiger partial charge in [-0.3, -0.25) is 4.90 Å². The van der Waals surface area contributed by atoms with Crippen LogP contribution in [0.5, 0.6) is 11.5 Å². The van der Waals surface area contributed by atoms with Gasteiger partial charge in [0.15, 0.2) is 0 Å². The van der Waals surface area contributed by atoms with Crippen LogP contribution in [0, 0.1) is 11.3 Å². The predicted octanol–water partition coefficient (Wildman–Crippen LogP) is 3.16. The van der Waals surface area contributed by atoms with E-state index in [4.69, 9.17) is 14.7 Å². The zero-order valence-corrected chi connectivity index (χ0v) is 15.2. The van der Waals surface area contributed by atoms with Gasteiger partial charge in [-0.15, -0.1) is 0 Å². The molecular weight excluding hydrogens is 326 g/mol. The minimum Gasteiger partial charge on any atom is -0.497 e. The van der Waals surface area contributed by atoms with E-state index in [1.165, 1.54) is 5.69 Å². The van der Waals surface area contributed by atoms with E-state index in [1.54, 1.807) is 19.2 Å². The number of nitriles is 1. The van der Waals surface area contributed by atoms with Crippen molar-refractivity contribution in [3.8, 4) is 17.6 Å². The summed E-state index contributed by atoms with van der Waals surface area (Å²) >= 11 is 0. The van der Waals surface area contributed by atoms with Crippen molar-refractivity contribution in [1.29, 1.82) is 5.26 Å². The van der Waals surface area contributed by atoms with Crippen LogP contribution in [0.1, 0.15) is 12.0 Å². The van der Waals surface area contributed by atoms with Crippen LogP contribution >= 0.6 is 0 Å². The third-order valence-electron chi connectivity index (χ3n) is 4.64. The van der Waals surface area contributed by atoms with Crippen molar-refractivity contribution in [2.45, 2.75) is 6.42 Å². The lowest BCUT2D eigenvalue weighted by molar-refractivity contribution is 0.224. The maximum atomic E-state index is 8.91. The number of anilines is 1. The van der Waals surface area contributed by atoms with Gasteiger partial charge < -0.3 is 14.4 Å². The molecule has 26 heavy (non-hydrogen) atoms. The lowest BCUT2D eigenvalue weighted by Crippen LogP contribution is -2.46. The number of nitrogens with zero attached hydrogens (tertiary/aromatic N) is 3. The van der Waals surface area contributed by atoms with Crippen molar-refractivity contribution >= 4 is 5.69 Å². The summed E-state index contributed by atoms with van der Waals surface area (Å²) in [7, 11) is 1.70. The second-order valence-corrected chi connectivity index (χ2v) is 6.37. The predicted molar refractivity (Wildman–Crippen MR) is 103 cm³/mol. The standard InChI is InChI=1S/C21H25N3O2/c1-25-20-7-3-6-19(16-20)24-12-10-23(11-13-24)9-4-14-26-21-8-2-5-18(15-21)17-22/h2-3,5-8,15-16H,4,9-14H2,1H3. The van der Waals surface area contributed by atoms with Crippen molar-refractivity contribution in [3.05, 3.63) is 54.1 Å². The molecule has 5 heteroatoms. The number of benzene rings is 2. The van der Waals surface area contributed by atoms with E-state index in [1.807, 2.05) is 24.3 Å². The van der Waals surface area contributed by atoms with E-state index in [2.05, 4.69) is 28.0 Å². The van der Waals surface area contributed by atoms with Gasteiger partial charge in [0.05, 0.1) is 25.3 Å². The van der Waals surface area contributed by atoms with Crippen LogP contribution in [0.4, 0.5) is 5.69 Å². The van der Waals surface area contributed by atoms with Crippen LogP contribution in [0.2, 0.25) is 0 Å². The SMILES string of the molecule is COc1cccc(N2CCN(CCCOc3cccc(C#N)c3)CC2)c1. The van der Waals surface area contributed by atoms with Crippen molar-refractivity contribution in [3.63, 3.8) is 0 Å². The van der Waals surface area contributed by atoms with Gasteiger partial charge in [0.2, 0.25) is 0 Å². The Kier molecular flexibility index (Phi) is 6.34. The molecule has 0 N–H and O–H groups in total. The Morgan fingerprint density at radius 3 is 2.54 bits per heavy atom. The van der Waals surface area contributed by atoms with Crippen LogP contribution in [-0.2, 0) is 0 Å². The van der Waals surface area contributed by atoms with Crippen LogP contribution < -0.4 is 14.4 Å². The van der Waals surface area contributed by atoms with Crippen LogP contribution in [0.15, 0.2) is 48.5 Å². The Hall–Kier alpha value is -2.71. The maximum Gasteiger partial charge on any atom is 0.120 e. The minimum absolute atomic E-state index is 0.635. The average Bonchev–Trinajstić information content (AvgIpc) is 2.72. The molecule has 0 saturated carbocycles. The summed E-state index contributed by atoms with van der Waals surface area (Å²) in [5.74, 6) is 1.68. The Bertz CT molecular complexity index is 749. The maximum absolute atomic E-state index is 8.91. The highest BCUT2D eigenvalue weighted by Crippen LogP contribution is 2.22. The van der Waals surface area contributed by atoms with E-state index < -0.39 is 0 Å². The van der Waals surface area contributed by atoms with E-state index in [9.17, 15) is 0 Å². The third kappa shape index (κ3) is 4.90. The number of piperazine rings is 1. The Morgan fingerprint density at radius 2 is 1.77 bits per heavy atom. The summed E-state index contributed by atoms with van der Waals surface area (Å²) in [6.07, 6.45) is 0.982. The van der Waals surface area contributed by atoms with Crippen LogP contribution in [0.3, 0.4) is 0 Å². The van der Waals surface area contributed by atoms with Gasteiger partial charge in [-0.25, -0.2) is 0 Å². The molecule has 0 radical (unpaired) electrons. The molecule has 0 atom stereocenters. The molecule has 1 heterocycles. The molecule has 1 aliphatic rings. The van der Waals surface area contributed by atoms with Gasteiger partial charge >= 0.3 is 0 Å². The summed E-state index contributed by atoms with van der Waals surface area (Å²) in [6, 6.07) is 17.7. The van der Waals surface area contributed by atoms with Gasteiger partial charge in [-0.1, -0.05) is 12.1 Å². The number of methoxy groups -OCH3 is 1. The Morgan fingerprint density at radius 1 is 1.00 bits per heavy atom. The van der Waals surface area contributed by atoms with E-state index in [0.29, 0.717) is 12.2 Å². The largest absolute Gasteiger partial charge is 0.497 e. The molecule has 2 aromatic carbocycles. The quantitative estimate of drug-likeness (QED) is 0.717. The summed E-state index contributed by atoms with van der Waals surface area (Å²) < 4.78 is 11.1. The number of hydrogen-bond acceptors (Lipinski definition) is 5. The molecule has 0 aliphatic carbocycles. The van der Waals surface area contributed by atoms with Crippen molar-refractivity contribution in [2.75, 3.05) is 51.3 Å². The summed E-state index contributed by atoms with van der Waals surface area (Å²) in [6.45, 7) is 5.87. The molecule has 0 aromatic heterocycles. The monoisotopic (exact) mass is 351 g/mol. The summed E-state index contributed by atoms with van der Waals surface area (Å²) in [5.41, 5.74) is 1.86. The summed E-state index contributed by atoms with van der Waals surface area (Å²) in [4.78, 5) is 4.88. The molecule has 0 amide bonds. The first kappa shape index (κ1) is 18.1. The molecule has 1 aliphatic heterocycles. The minimum atomic E-state index is 0.635. The van der Waals surface area contributed by atoms with E-state index in [-0.39, 0.29) is 0 Å². The first-order chi connectivity index (χ1) is 12.8. The van der Waals surface area contributed by atoms with E-state index >= 15 is 0 Å². The van der Waals surface area contributed by atoms with Crippen LogP contribution in [-0.4, -0.2) is 51.3 Å². The molecule has 5 nitrogen and oxygen atoms in total. The fourth-order valence-electron chi connectivity index (χ4n) is 3.17. The van der Waals surface area contributed by atoms with E-state index in [0.717, 1.165) is 50.6 Å². The fraction of sp³-hybridized carbons (Fsp3) is 0.381. The number of hydrogen-bond donors (Lipinski definition) is 0. The first-order valence-electron chi connectivity index (χ1n) is 9.03. The average molecular weight is 351 g/mol. The molecule has 1 saturated heterocycles. The highest BCUT2D eigenvalue weighted by molar-refractivity contribution is 5.51. The highest BCUT2D eigenvalue weighted by Gasteiger charge is 2.17. The molecule has 0 bridgehead atoms. The first-order valence-corrected chi connectivity index (χ1v) is 9.03. The molecule has 1 fully saturated rings. The molecule has 3 rings (SSSR count). The van der Waals surface area contributed by atoms with Crippen molar-refractivity contribution < 1.29 is 9.47 Å². The zero-order chi connectivity index (χ0) is 18.2. The highest BCUT2D eigenvalue weighted by atomic mass is 16.5. The Balaban J connectivity index is 1.38. The number of ether oxygens (including phenoxy) is 2. The second kappa shape index (κ2) is 9.12. The summed E-state index contributed by atoms with van der Waals surface area (Å²) in [5, 5.41) is 8.91. The molecule has 136 valence electrons. The van der Waals surface area contributed by atoms with Crippen molar-refractivity contribution in [2.24, 2.45) is 0 Å². The van der Waals surface area contributed by atoms with Gasteiger partial charge in [0.1, 0.15) is 11.5 Å². The topological polar surface area (TPSA) is 48.7 Å².